The molecular weight excluding hydrogens is 292 g/mol. The molecule has 0 amide bonds. The Morgan fingerprint density at radius 3 is 2.82 bits per heavy atom. The number of hydrogen-bond acceptors (Lipinski definition) is 3. The summed E-state index contributed by atoms with van der Waals surface area (Å²) in [4.78, 5) is 9.94. The number of aromatic nitrogens is 1. The van der Waals surface area contributed by atoms with Gasteiger partial charge in [0.25, 0.3) is 0 Å². The molecule has 2 N–H and O–H groups in total. The first-order chi connectivity index (χ1) is 10.7. The fourth-order valence-corrected chi connectivity index (χ4v) is 3.83. The van der Waals surface area contributed by atoms with Crippen LogP contribution < -0.4 is 10.6 Å². The Balaban J connectivity index is 1.67. The van der Waals surface area contributed by atoms with Crippen molar-refractivity contribution in [3.05, 3.63) is 16.1 Å². The number of aryl methyl sites for hydroxylation is 1. The zero-order chi connectivity index (χ0) is 15.8. The molecule has 2 rings (SSSR count). The zero-order valence-electron chi connectivity index (χ0n) is 14.2. The Kier molecular flexibility index (Phi) is 7.16. The molecule has 1 atom stereocenters. The van der Waals surface area contributed by atoms with Crippen LogP contribution in [-0.2, 0) is 6.54 Å². The molecule has 1 aliphatic carbocycles. The van der Waals surface area contributed by atoms with Crippen LogP contribution in [0.3, 0.4) is 0 Å². The van der Waals surface area contributed by atoms with Crippen molar-refractivity contribution in [2.75, 3.05) is 7.05 Å². The molecule has 0 saturated heterocycles. The molecule has 1 aliphatic rings. The largest absolute Gasteiger partial charge is 0.354 e. The molecule has 22 heavy (non-hydrogen) atoms. The van der Waals surface area contributed by atoms with Gasteiger partial charge < -0.3 is 10.6 Å². The zero-order valence-corrected chi connectivity index (χ0v) is 15.0. The second kappa shape index (κ2) is 9.13. The van der Waals surface area contributed by atoms with Crippen LogP contribution in [0.5, 0.6) is 0 Å². The van der Waals surface area contributed by atoms with Crippen LogP contribution in [0.4, 0.5) is 0 Å². The lowest BCUT2D eigenvalue weighted by atomic mass is 9.85. The first-order valence-electron chi connectivity index (χ1n) is 8.56. The summed E-state index contributed by atoms with van der Waals surface area (Å²) < 4.78 is 0. The van der Waals surface area contributed by atoms with E-state index >= 15 is 0 Å². The summed E-state index contributed by atoms with van der Waals surface area (Å²) in [6, 6.07) is 0.464. The van der Waals surface area contributed by atoms with Crippen molar-refractivity contribution in [2.45, 2.75) is 71.4 Å². The molecule has 1 unspecified atom stereocenters. The SMILES string of the molecule is CN=C(NCc1ncc(C)s1)NC(C)CCC1CCCCC1. The van der Waals surface area contributed by atoms with Crippen molar-refractivity contribution in [1.82, 2.24) is 15.6 Å². The number of nitrogens with zero attached hydrogens (tertiary/aromatic N) is 2. The lowest BCUT2D eigenvalue weighted by Gasteiger charge is -2.24. The van der Waals surface area contributed by atoms with E-state index in [0.29, 0.717) is 6.04 Å². The van der Waals surface area contributed by atoms with Crippen LogP contribution in [0.25, 0.3) is 0 Å². The second-order valence-electron chi connectivity index (χ2n) is 6.42. The van der Waals surface area contributed by atoms with E-state index in [1.165, 1.54) is 49.8 Å². The smallest absolute Gasteiger partial charge is 0.191 e. The lowest BCUT2D eigenvalue weighted by molar-refractivity contribution is 0.322. The Bertz CT molecular complexity index is 463. The summed E-state index contributed by atoms with van der Waals surface area (Å²) in [5.41, 5.74) is 0. The highest BCUT2D eigenvalue weighted by Crippen LogP contribution is 2.27. The summed E-state index contributed by atoms with van der Waals surface area (Å²) in [5.74, 6) is 1.83. The maximum Gasteiger partial charge on any atom is 0.191 e. The lowest BCUT2D eigenvalue weighted by Crippen LogP contribution is -2.42. The van der Waals surface area contributed by atoms with E-state index in [1.54, 1.807) is 11.3 Å². The highest BCUT2D eigenvalue weighted by atomic mass is 32.1. The van der Waals surface area contributed by atoms with Crippen molar-refractivity contribution in [3.63, 3.8) is 0 Å². The average Bonchev–Trinajstić information content (AvgIpc) is 2.96. The summed E-state index contributed by atoms with van der Waals surface area (Å²) in [6.45, 7) is 5.08. The van der Waals surface area contributed by atoms with Crippen LogP contribution in [0.15, 0.2) is 11.2 Å². The molecule has 0 spiro atoms. The number of hydrogen-bond donors (Lipinski definition) is 2. The fourth-order valence-electron chi connectivity index (χ4n) is 3.10. The first-order valence-corrected chi connectivity index (χ1v) is 9.37. The minimum Gasteiger partial charge on any atom is -0.354 e. The highest BCUT2D eigenvalue weighted by Gasteiger charge is 2.15. The maximum atomic E-state index is 4.37. The van der Waals surface area contributed by atoms with Crippen molar-refractivity contribution in [3.8, 4) is 0 Å². The third-order valence-electron chi connectivity index (χ3n) is 4.42. The predicted molar refractivity (Wildman–Crippen MR) is 95.5 cm³/mol. The molecule has 1 aromatic rings. The average molecular weight is 323 g/mol. The Morgan fingerprint density at radius 1 is 1.41 bits per heavy atom. The van der Waals surface area contributed by atoms with Gasteiger partial charge in [-0.2, -0.15) is 0 Å². The Morgan fingerprint density at radius 2 is 2.18 bits per heavy atom. The Labute approximate surface area is 138 Å². The standard InChI is InChI=1S/C17H30N4S/c1-13(9-10-15-7-5-4-6-8-15)21-17(18-3)20-12-16-19-11-14(2)22-16/h11,13,15H,4-10,12H2,1-3H3,(H2,18,20,21). The van der Waals surface area contributed by atoms with Gasteiger partial charge in [0.15, 0.2) is 5.96 Å². The molecule has 0 aliphatic heterocycles. The number of rotatable bonds is 6. The van der Waals surface area contributed by atoms with Crippen molar-refractivity contribution in [1.29, 1.82) is 0 Å². The van der Waals surface area contributed by atoms with Gasteiger partial charge in [0.05, 0.1) is 6.54 Å². The van der Waals surface area contributed by atoms with Crippen molar-refractivity contribution < 1.29 is 0 Å². The van der Waals surface area contributed by atoms with Crippen LogP contribution in [0, 0.1) is 12.8 Å². The van der Waals surface area contributed by atoms with Gasteiger partial charge in [0.1, 0.15) is 5.01 Å². The van der Waals surface area contributed by atoms with E-state index in [1.807, 2.05) is 13.2 Å². The number of nitrogens with one attached hydrogen (secondary N) is 2. The molecule has 1 fully saturated rings. The molecular formula is C17H30N4S. The molecule has 1 heterocycles. The molecule has 1 saturated carbocycles. The third-order valence-corrected chi connectivity index (χ3v) is 5.33. The maximum absolute atomic E-state index is 4.37. The molecule has 5 heteroatoms. The van der Waals surface area contributed by atoms with Gasteiger partial charge >= 0.3 is 0 Å². The van der Waals surface area contributed by atoms with Gasteiger partial charge in [0, 0.05) is 24.2 Å². The summed E-state index contributed by atoms with van der Waals surface area (Å²) >= 11 is 1.73. The van der Waals surface area contributed by atoms with Gasteiger partial charge in [-0.25, -0.2) is 4.98 Å². The normalized spacial score (nSPS) is 18.2. The van der Waals surface area contributed by atoms with Crippen molar-refractivity contribution in [2.24, 2.45) is 10.9 Å². The van der Waals surface area contributed by atoms with Crippen LogP contribution >= 0.6 is 11.3 Å². The Hall–Kier alpha value is -1.10. The monoisotopic (exact) mass is 322 g/mol. The summed E-state index contributed by atoms with van der Waals surface area (Å²) in [6.07, 6.45) is 11.7. The molecule has 0 bridgehead atoms. The summed E-state index contributed by atoms with van der Waals surface area (Å²) in [7, 11) is 1.83. The summed E-state index contributed by atoms with van der Waals surface area (Å²) in [5, 5.41) is 7.96. The van der Waals surface area contributed by atoms with E-state index < -0.39 is 0 Å². The minimum absolute atomic E-state index is 0.464. The van der Waals surface area contributed by atoms with E-state index in [2.05, 4.69) is 34.5 Å². The van der Waals surface area contributed by atoms with Crippen LogP contribution in [0.2, 0.25) is 0 Å². The molecule has 124 valence electrons. The first kappa shape index (κ1) is 17.3. The fraction of sp³-hybridized carbons (Fsp3) is 0.765. The second-order valence-corrected chi connectivity index (χ2v) is 7.74. The van der Waals surface area contributed by atoms with Gasteiger partial charge in [0.2, 0.25) is 0 Å². The van der Waals surface area contributed by atoms with Gasteiger partial charge in [-0.1, -0.05) is 32.1 Å². The predicted octanol–water partition coefficient (Wildman–Crippen LogP) is 3.87. The molecule has 0 aromatic carbocycles. The molecule has 4 nitrogen and oxygen atoms in total. The van der Waals surface area contributed by atoms with E-state index in [-0.39, 0.29) is 0 Å². The van der Waals surface area contributed by atoms with Gasteiger partial charge in [-0.15, -0.1) is 11.3 Å². The number of thiazole rings is 1. The van der Waals surface area contributed by atoms with Crippen LogP contribution in [-0.4, -0.2) is 24.0 Å². The van der Waals surface area contributed by atoms with E-state index in [0.717, 1.165) is 23.4 Å². The van der Waals surface area contributed by atoms with Crippen molar-refractivity contribution >= 4 is 17.3 Å². The number of guanidine groups is 1. The quantitative estimate of drug-likeness (QED) is 0.617. The van der Waals surface area contributed by atoms with Gasteiger partial charge in [-0.3, -0.25) is 4.99 Å². The van der Waals surface area contributed by atoms with Crippen LogP contribution in [0.1, 0.15) is 61.8 Å². The topological polar surface area (TPSA) is 49.3 Å². The van der Waals surface area contributed by atoms with Gasteiger partial charge in [-0.05, 0) is 32.6 Å². The van der Waals surface area contributed by atoms with E-state index in [9.17, 15) is 0 Å². The molecule has 0 radical (unpaired) electrons. The molecule has 1 aromatic heterocycles. The third kappa shape index (κ3) is 5.95. The minimum atomic E-state index is 0.464. The van der Waals surface area contributed by atoms with E-state index in [4.69, 9.17) is 0 Å². The highest BCUT2D eigenvalue weighted by molar-refractivity contribution is 7.11. The number of aliphatic imine (C=N–C) groups is 1.